The molecule has 4 nitrogen and oxygen atoms in total. The Morgan fingerprint density at radius 3 is 2.67 bits per heavy atom. The molecule has 1 aromatic carbocycles. The van der Waals surface area contributed by atoms with Crippen LogP contribution in [0.4, 0.5) is 0 Å². The highest BCUT2D eigenvalue weighted by molar-refractivity contribution is 5.88. The number of carbonyl (C=O) groups is 1. The number of phenols is 1. The molecule has 15 heavy (non-hydrogen) atoms. The second-order valence-electron chi connectivity index (χ2n) is 3.52. The zero-order valence-electron chi connectivity index (χ0n) is 8.60. The van der Waals surface area contributed by atoms with Crippen molar-refractivity contribution in [3.8, 4) is 5.75 Å². The van der Waals surface area contributed by atoms with Gasteiger partial charge in [0.05, 0.1) is 5.56 Å². The van der Waals surface area contributed by atoms with Gasteiger partial charge in [0.2, 0.25) is 0 Å². The number of aromatic carboxylic acids is 1. The molecule has 0 aliphatic rings. The van der Waals surface area contributed by atoms with Gasteiger partial charge < -0.3 is 15.9 Å². The van der Waals surface area contributed by atoms with Crippen molar-refractivity contribution in [2.45, 2.75) is 25.8 Å². The SMILES string of the molecule is CCC(N)Cc1ccc(C(=O)O)cc1O. The van der Waals surface area contributed by atoms with Crippen LogP contribution in [0.5, 0.6) is 5.75 Å². The molecule has 0 bridgehead atoms. The summed E-state index contributed by atoms with van der Waals surface area (Å²) < 4.78 is 0. The summed E-state index contributed by atoms with van der Waals surface area (Å²) in [5.74, 6) is -1.05. The summed E-state index contributed by atoms with van der Waals surface area (Å²) in [6.45, 7) is 1.97. The van der Waals surface area contributed by atoms with Crippen LogP contribution in [-0.4, -0.2) is 22.2 Å². The Hall–Kier alpha value is -1.55. The van der Waals surface area contributed by atoms with E-state index in [1.165, 1.54) is 12.1 Å². The van der Waals surface area contributed by atoms with Gasteiger partial charge in [0.1, 0.15) is 5.75 Å². The van der Waals surface area contributed by atoms with Crippen LogP contribution < -0.4 is 5.73 Å². The molecule has 0 heterocycles. The van der Waals surface area contributed by atoms with Gasteiger partial charge >= 0.3 is 5.97 Å². The van der Waals surface area contributed by atoms with Gasteiger partial charge in [0, 0.05) is 6.04 Å². The van der Waals surface area contributed by atoms with Gasteiger partial charge in [0.15, 0.2) is 0 Å². The Morgan fingerprint density at radius 2 is 2.20 bits per heavy atom. The molecule has 0 fully saturated rings. The maximum Gasteiger partial charge on any atom is 0.335 e. The zero-order valence-corrected chi connectivity index (χ0v) is 8.60. The first-order valence-electron chi connectivity index (χ1n) is 4.85. The van der Waals surface area contributed by atoms with E-state index in [1.807, 2.05) is 6.92 Å². The van der Waals surface area contributed by atoms with Crippen molar-refractivity contribution in [2.24, 2.45) is 5.73 Å². The minimum atomic E-state index is -1.04. The van der Waals surface area contributed by atoms with Crippen LogP contribution in [0.15, 0.2) is 18.2 Å². The van der Waals surface area contributed by atoms with Gasteiger partial charge in [-0.2, -0.15) is 0 Å². The normalized spacial score (nSPS) is 12.4. The van der Waals surface area contributed by atoms with E-state index >= 15 is 0 Å². The molecular formula is C11H15NO3. The molecule has 1 aromatic rings. The van der Waals surface area contributed by atoms with E-state index in [-0.39, 0.29) is 17.4 Å². The Balaban J connectivity index is 2.88. The first-order valence-corrected chi connectivity index (χ1v) is 4.85. The van der Waals surface area contributed by atoms with Gasteiger partial charge in [-0.05, 0) is 30.5 Å². The number of rotatable bonds is 4. The topological polar surface area (TPSA) is 83.6 Å². The lowest BCUT2D eigenvalue weighted by atomic mass is 10.0. The number of aromatic hydroxyl groups is 1. The molecule has 1 rings (SSSR count). The summed E-state index contributed by atoms with van der Waals surface area (Å²) >= 11 is 0. The fraction of sp³-hybridized carbons (Fsp3) is 0.364. The Morgan fingerprint density at radius 1 is 1.53 bits per heavy atom. The highest BCUT2D eigenvalue weighted by Crippen LogP contribution is 2.20. The standard InChI is InChI=1S/C11H15NO3/c1-2-9(12)5-7-3-4-8(11(14)15)6-10(7)13/h3-4,6,9,13H,2,5,12H2,1H3,(H,14,15). The first kappa shape index (κ1) is 11.5. The minimum Gasteiger partial charge on any atom is -0.508 e. The molecule has 0 aliphatic carbocycles. The fourth-order valence-electron chi connectivity index (χ4n) is 1.30. The fourth-order valence-corrected chi connectivity index (χ4v) is 1.30. The number of carboxylic acid groups (broad SMARTS) is 1. The molecule has 4 N–H and O–H groups in total. The third-order valence-corrected chi connectivity index (χ3v) is 2.34. The van der Waals surface area contributed by atoms with Gasteiger partial charge in [-0.1, -0.05) is 13.0 Å². The molecule has 4 heteroatoms. The van der Waals surface area contributed by atoms with Gasteiger partial charge in [-0.25, -0.2) is 4.79 Å². The van der Waals surface area contributed by atoms with Crippen LogP contribution in [0.3, 0.4) is 0 Å². The molecular weight excluding hydrogens is 194 g/mol. The lowest BCUT2D eigenvalue weighted by molar-refractivity contribution is 0.0696. The highest BCUT2D eigenvalue weighted by Gasteiger charge is 2.09. The zero-order chi connectivity index (χ0) is 11.4. The summed E-state index contributed by atoms with van der Waals surface area (Å²) in [5, 5.41) is 18.3. The van der Waals surface area contributed by atoms with E-state index in [1.54, 1.807) is 6.07 Å². The van der Waals surface area contributed by atoms with E-state index in [4.69, 9.17) is 10.8 Å². The van der Waals surface area contributed by atoms with E-state index in [2.05, 4.69) is 0 Å². The highest BCUT2D eigenvalue weighted by atomic mass is 16.4. The molecule has 0 aromatic heterocycles. The molecule has 82 valence electrons. The quantitative estimate of drug-likeness (QED) is 0.699. The van der Waals surface area contributed by atoms with Crippen molar-refractivity contribution in [2.75, 3.05) is 0 Å². The van der Waals surface area contributed by atoms with Crippen molar-refractivity contribution in [3.63, 3.8) is 0 Å². The van der Waals surface area contributed by atoms with Crippen molar-refractivity contribution >= 4 is 5.97 Å². The lowest BCUT2D eigenvalue weighted by Crippen LogP contribution is -2.21. The van der Waals surface area contributed by atoms with Crippen LogP contribution in [0.1, 0.15) is 29.3 Å². The molecule has 1 unspecified atom stereocenters. The van der Waals surface area contributed by atoms with Crippen LogP contribution >= 0.6 is 0 Å². The second kappa shape index (κ2) is 4.79. The number of nitrogens with two attached hydrogens (primary N) is 1. The minimum absolute atomic E-state index is 0.00111. The van der Waals surface area contributed by atoms with Crippen molar-refractivity contribution in [1.82, 2.24) is 0 Å². The van der Waals surface area contributed by atoms with Crippen LogP contribution in [0.25, 0.3) is 0 Å². The summed E-state index contributed by atoms with van der Waals surface area (Å²) in [7, 11) is 0. The monoisotopic (exact) mass is 209 g/mol. The smallest absolute Gasteiger partial charge is 0.335 e. The largest absolute Gasteiger partial charge is 0.508 e. The van der Waals surface area contributed by atoms with Gasteiger partial charge in [-0.15, -0.1) is 0 Å². The van der Waals surface area contributed by atoms with Crippen molar-refractivity contribution in [1.29, 1.82) is 0 Å². The lowest BCUT2D eigenvalue weighted by Gasteiger charge is -2.10. The van der Waals surface area contributed by atoms with Crippen LogP contribution in [-0.2, 0) is 6.42 Å². The van der Waals surface area contributed by atoms with Crippen LogP contribution in [0, 0.1) is 0 Å². The summed E-state index contributed by atoms with van der Waals surface area (Å²) in [6.07, 6.45) is 1.38. The van der Waals surface area contributed by atoms with Crippen molar-refractivity contribution < 1.29 is 15.0 Å². The van der Waals surface area contributed by atoms with E-state index < -0.39 is 5.97 Å². The predicted molar refractivity (Wildman–Crippen MR) is 57.0 cm³/mol. The summed E-state index contributed by atoms with van der Waals surface area (Å²) in [4.78, 5) is 10.6. The molecule has 0 saturated carbocycles. The van der Waals surface area contributed by atoms with E-state index in [0.717, 1.165) is 6.42 Å². The molecule has 0 saturated heterocycles. The number of hydrogen-bond donors (Lipinski definition) is 3. The molecule has 1 atom stereocenters. The molecule has 0 radical (unpaired) electrons. The Kier molecular flexibility index (Phi) is 3.68. The first-order chi connectivity index (χ1) is 7.04. The average molecular weight is 209 g/mol. The second-order valence-corrected chi connectivity index (χ2v) is 3.52. The van der Waals surface area contributed by atoms with Crippen molar-refractivity contribution in [3.05, 3.63) is 29.3 Å². The number of hydrogen-bond acceptors (Lipinski definition) is 3. The summed E-state index contributed by atoms with van der Waals surface area (Å²) in [6, 6.07) is 4.32. The Labute approximate surface area is 88.3 Å². The van der Waals surface area contributed by atoms with E-state index in [9.17, 15) is 9.90 Å². The maximum atomic E-state index is 10.6. The third-order valence-electron chi connectivity index (χ3n) is 2.34. The maximum absolute atomic E-state index is 10.6. The van der Waals surface area contributed by atoms with Gasteiger partial charge in [-0.3, -0.25) is 0 Å². The third kappa shape index (κ3) is 2.95. The van der Waals surface area contributed by atoms with Gasteiger partial charge in [0.25, 0.3) is 0 Å². The molecule has 0 spiro atoms. The predicted octanol–water partition coefficient (Wildman–Crippen LogP) is 1.37. The molecule has 0 amide bonds. The van der Waals surface area contributed by atoms with Crippen LogP contribution in [0.2, 0.25) is 0 Å². The van der Waals surface area contributed by atoms with E-state index in [0.29, 0.717) is 12.0 Å². The number of benzene rings is 1. The average Bonchev–Trinajstić information content (AvgIpc) is 2.20. The number of phenolic OH excluding ortho intramolecular Hbond substituents is 1. The Bertz CT molecular complexity index is 363. The summed E-state index contributed by atoms with van der Waals surface area (Å²) in [5.41, 5.74) is 6.52. The number of carboxylic acids is 1. The molecule has 0 aliphatic heterocycles.